The molecule has 0 unspecified atom stereocenters. The number of carbonyl (C=O) groups is 1. The first kappa shape index (κ1) is 23.3. The summed E-state index contributed by atoms with van der Waals surface area (Å²) in [7, 11) is 1.49. The maximum atomic E-state index is 12.8. The molecule has 0 bridgehead atoms. The van der Waals surface area contributed by atoms with Gasteiger partial charge in [0.15, 0.2) is 11.3 Å². The summed E-state index contributed by atoms with van der Waals surface area (Å²) < 4.78 is 10.6. The average Bonchev–Trinajstić information content (AvgIpc) is 2.89. The van der Waals surface area contributed by atoms with Crippen LogP contribution in [0.1, 0.15) is 35.3 Å². The maximum absolute atomic E-state index is 12.8. The van der Waals surface area contributed by atoms with Crippen molar-refractivity contribution in [2.75, 3.05) is 35.7 Å². The van der Waals surface area contributed by atoms with E-state index >= 15 is 0 Å². The third-order valence-electron chi connectivity index (χ3n) is 6.11. The van der Waals surface area contributed by atoms with E-state index in [1.165, 1.54) is 32.4 Å². The third-order valence-corrected chi connectivity index (χ3v) is 6.11. The van der Waals surface area contributed by atoms with Crippen molar-refractivity contribution in [2.24, 2.45) is 0 Å². The lowest BCUT2D eigenvalue weighted by molar-refractivity contribution is 0.102. The third kappa shape index (κ3) is 5.00. The number of hydrogen-bond donors (Lipinski definition) is 2. The van der Waals surface area contributed by atoms with E-state index in [0.717, 1.165) is 30.3 Å². The van der Waals surface area contributed by atoms with E-state index in [4.69, 9.17) is 9.15 Å². The zero-order chi connectivity index (χ0) is 25.1. The number of methoxy groups -OCH3 is 1. The summed E-state index contributed by atoms with van der Waals surface area (Å²) in [5.41, 5.74) is 1.69. The molecule has 1 fully saturated rings. The molecule has 2 aromatic heterocycles. The number of aryl methyl sites for hydroxylation is 1. The van der Waals surface area contributed by atoms with Gasteiger partial charge in [-0.1, -0.05) is 12.1 Å². The van der Waals surface area contributed by atoms with Crippen molar-refractivity contribution in [1.29, 1.82) is 0 Å². The molecular formula is C27H27N5O4. The Kier molecular flexibility index (Phi) is 6.53. The average molecular weight is 486 g/mol. The van der Waals surface area contributed by atoms with Crippen molar-refractivity contribution in [3.8, 4) is 5.75 Å². The van der Waals surface area contributed by atoms with E-state index in [2.05, 4.69) is 25.5 Å². The van der Waals surface area contributed by atoms with Crippen LogP contribution in [-0.4, -0.2) is 36.1 Å². The van der Waals surface area contributed by atoms with Crippen LogP contribution < -0.4 is 25.9 Å². The second-order valence-electron chi connectivity index (χ2n) is 8.72. The number of piperidine rings is 1. The first-order valence-electron chi connectivity index (χ1n) is 11.9. The number of carbonyl (C=O) groups excluding carboxylic acids is 1. The topological polar surface area (TPSA) is 110 Å². The van der Waals surface area contributed by atoms with Gasteiger partial charge in [0, 0.05) is 41.6 Å². The lowest BCUT2D eigenvalue weighted by Gasteiger charge is -2.28. The van der Waals surface area contributed by atoms with Crippen LogP contribution >= 0.6 is 0 Å². The molecule has 1 saturated heterocycles. The Morgan fingerprint density at radius 3 is 2.50 bits per heavy atom. The minimum absolute atomic E-state index is 0.0867. The summed E-state index contributed by atoms with van der Waals surface area (Å²) in [6.45, 7) is 3.97. The Hall–Kier alpha value is -4.40. The SMILES string of the molecule is COc1cccc2cc(C(=O)Nc3ccc(Nc4nc(C)cc(N5CCCCC5)n4)cc3)c(=O)oc12. The predicted molar refractivity (Wildman–Crippen MR) is 140 cm³/mol. The zero-order valence-electron chi connectivity index (χ0n) is 20.2. The number of hydrogen-bond acceptors (Lipinski definition) is 8. The largest absolute Gasteiger partial charge is 0.493 e. The molecule has 0 spiro atoms. The number of nitrogens with zero attached hydrogens (tertiary/aromatic N) is 3. The highest BCUT2D eigenvalue weighted by atomic mass is 16.5. The van der Waals surface area contributed by atoms with Crippen molar-refractivity contribution in [3.05, 3.63) is 76.3 Å². The van der Waals surface area contributed by atoms with Crippen LogP contribution in [0.4, 0.5) is 23.1 Å². The number of nitrogens with one attached hydrogen (secondary N) is 2. The zero-order valence-corrected chi connectivity index (χ0v) is 20.2. The Morgan fingerprint density at radius 2 is 1.75 bits per heavy atom. The molecular weight excluding hydrogens is 458 g/mol. The molecule has 0 radical (unpaired) electrons. The minimum atomic E-state index is -0.733. The first-order valence-corrected chi connectivity index (χ1v) is 11.9. The van der Waals surface area contributed by atoms with Crippen LogP contribution in [-0.2, 0) is 0 Å². The second-order valence-corrected chi connectivity index (χ2v) is 8.72. The fourth-order valence-electron chi connectivity index (χ4n) is 4.29. The second kappa shape index (κ2) is 10.1. The van der Waals surface area contributed by atoms with Gasteiger partial charge in [0.1, 0.15) is 11.4 Å². The Balaban J connectivity index is 1.30. The van der Waals surface area contributed by atoms with Gasteiger partial charge in [-0.05, 0) is 62.6 Å². The van der Waals surface area contributed by atoms with Crippen LogP contribution in [0.3, 0.4) is 0 Å². The fraction of sp³-hybridized carbons (Fsp3) is 0.259. The van der Waals surface area contributed by atoms with E-state index in [0.29, 0.717) is 28.4 Å². The quantitative estimate of drug-likeness (QED) is 0.372. The number of amides is 1. The summed E-state index contributed by atoms with van der Waals surface area (Å²) in [6.07, 6.45) is 3.61. The molecule has 36 heavy (non-hydrogen) atoms. The van der Waals surface area contributed by atoms with Crippen molar-refractivity contribution >= 4 is 40.0 Å². The van der Waals surface area contributed by atoms with Gasteiger partial charge >= 0.3 is 5.63 Å². The standard InChI is InChI=1S/C27H27N5O4/c1-17-15-23(32-13-4-3-5-14-32)31-27(28-17)30-20-11-9-19(10-12-20)29-25(33)21-16-18-7-6-8-22(35-2)24(18)36-26(21)34/h6-12,15-16H,3-5,13-14H2,1-2H3,(H,29,33)(H,28,30,31). The molecule has 2 aromatic carbocycles. The Labute approximate surface area is 208 Å². The summed E-state index contributed by atoms with van der Waals surface area (Å²) in [4.78, 5) is 36.7. The molecule has 0 aliphatic carbocycles. The van der Waals surface area contributed by atoms with Crippen LogP contribution in [0.2, 0.25) is 0 Å². The van der Waals surface area contributed by atoms with E-state index in [9.17, 15) is 9.59 Å². The van der Waals surface area contributed by atoms with Crippen molar-refractivity contribution < 1.29 is 13.9 Å². The van der Waals surface area contributed by atoms with Crippen molar-refractivity contribution in [1.82, 2.24) is 9.97 Å². The molecule has 5 rings (SSSR count). The van der Waals surface area contributed by atoms with E-state index < -0.39 is 11.5 Å². The molecule has 1 aliphatic rings. The fourth-order valence-corrected chi connectivity index (χ4v) is 4.29. The molecule has 184 valence electrons. The smallest absolute Gasteiger partial charge is 0.349 e. The monoisotopic (exact) mass is 485 g/mol. The summed E-state index contributed by atoms with van der Waals surface area (Å²) >= 11 is 0. The number of benzene rings is 2. The van der Waals surface area contributed by atoms with E-state index in [1.807, 2.05) is 25.1 Å². The molecule has 3 heterocycles. The van der Waals surface area contributed by atoms with Gasteiger partial charge in [-0.15, -0.1) is 0 Å². The molecule has 2 N–H and O–H groups in total. The van der Waals surface area contributed by atoms with Crippen LogP contribution in [0.25, 0.3) is 11.0 Å². The van der Waals surface area contributed by atoms with Crippen molar-refractivity contribution in [2.45, 2.75) is 26.2 Å². The van der Waals surface area contributed by atoms with Gasteiger partial charge in [-0.3, -0.25) is 4.79 Å². The minimum Gasteiger partial charge on any atom is -0.493 e. The van der Waals surface area contributed by atoms with Crippen molar-refractivity contribution in [3.63, 3.8) is 0 Å². The summed E-state index contributed by atoms with van der Waals surface area (Å²) in [6, 6.07) is 15.8. The Morgan fingerprint density at radius 1 is 1.00 bits per heavy atom. The number of fused-ring (bicyclic) bond motifs is 1. The number of aromatic nitrogens is 2. The molecule has 1 aliphatic heterocycles. The normalized spacial score (nSPS) is 13.4. The summed E-state index contributed by atoms with van der Waals surface area (Å²) in [5, 5.41) is 6.58. The Bertz CT molecular complexity index is 1460. The molecule has 0 atom stereocenters. The van der Waals surface area contributed by atoms with Gasteiger partial charge in [-0.2, -0.15) is 4.98 Å². The highest BCUT2D eigenvalue weighted by molar-refractivity contribution is 6.05. The lowest BCUT2D eigenvalue weighted by atomic mass is 10.1. The summed E-state index contributed by atoms with van der Waals surface area (Å²) in [5.74, 6) is 1.33. The molecule has 4 aromatic rings. The maximum Gasteiger partial charge on any atom is 0.349 e. The molecule has 9 heteroatoms. The predicted octanol–water partition coefficient (Wildman–Crippen LogP) is 4.89. The lowest BCUT2D eigenvalue weighted by Crippen LogP contribution is -2.30. The van der Waals surface area contributed by atoms with Crippen LogP contribution in [0, 0.1) is 6.92 Å². The number of ether oxygens (including phenoxy) is 1. The highest BCUT2D eigenvalue weighted by Gasteiger charge is 2.17. The molecule has 1 amide bonds. The molecule has 9 nitrogen and oxygen atoms in total. The van der Waals surface area contributed by atoms with Gasteiger partial charge in [0.2, 0.25) is 5.95 Å². The number of anilines is 4. The van der Waals surface area contributed by atoms with Gasteiger partial charge in [-0.25, -0.2) is 9.78 Å². The number of rotatable bonds is 6. The highest BCUT2D eigenvalue weighted by Crippen LogP contribution is 2.25. The first-order chi connectivity index (χ1) is 17.5. The van der Waals surface area contributed by atoms with Gasteiger partial charge in [0.05, 0.1) is 7.11 Å². The van der Waals surface area contributed by atoms with E-state index in [-0.39, 0.29) is 5.56 Å². The van der Waals surface area contributed by atoms with Gasteiger partial charge in [0.25, 0.3) is 5.91 Å². The molecule has 0 saturated carbocycles. The van der Waals surface area contributed by atoms with Crippen LogP contribution in [0.5, 0.6) is 5.75 Å². The number of para-hydroxylation sites is 1. The van der Waals surface area contributed by atoms with Crippen LogP contribution in [0.15, 0.2) is 63.8 Å². The van der Waals surface area contributed by atoms with E-state index in [1.54, 1.807) is 30.3 Å². The van der Waals surface area contributed by atoms with Gasteiger partial charge < -0.3 is 24.7 Å².